The molecule has 2 aliphatic carbocycles. The Bertz CT molecular complexity index is 160. The van der Waals surface area contributed by atoms with Crippen molar-refractivity contribution in [3.05, 3.63) is 11.8 Å². The van der Waals surface area contributed by atoms with Crippen LogP contribution in [0.1, 0.15) is 32.1 Å². The molecule has 10 heavy (non-hydrogen) atoms. The van der Waals surface area contributed by atoms with Crippen LogP contribution in [0.25, 0.3) is 0 Å². The Morgan fingerprint density at radius 1 is 1.40 bits per heavy atom. The number of rotatable bonds is 0. The summed E-state index contributed by atoms with van der Waals surface area (Å²) in [4.78, 5) is 0. The first-order chi connectivity index (χ1) is 4.86. The van der Waals surface area contributed by atoms with Crippen LogP contribution in [0.15, 0.2) is 11.8 Å². The summed E-state index contributed by atoms with van der Waals surface area (Å²) in [6.07, 6.45) is 8.34. The molecule has 0 aromatic heterocycles. The third-order valence-electron chi connectivity index (χ3n) is 2.86. The number of aliphatic hydroxyl groups is 1. The van der Waals surface area contributed by atoms with E-state index in [1.165, 1.54) is 25.7 Å². The van der Waals surface area contributed by atoms with Crippen molar-refractivity contribution in [1.29, 1.82) is 0 Å². The van der Waals surface area contributed by atoms with Crippen molar-refractivity contribution in [3.8, 4) is 0 Å². The van der Waals surface area contributed by atoms with Gasteiger partial charge in [-0.3, -0.25) is 0 Å². The normalized spacial score (nSPS) is 39.0. The molecule has 1 N–H and O–H groups in total. The van der Waals surface area contributed by atoms with Crippen LogP contribution in [0.4, 0.5) is 0 Å². The molecule has 56 valence electrons. The van der Waals surface area contributed by atoms with Crippen LogP contribution in [-0.4, -0.2) is 5.11 Å². The zero-order valence-electron chi connectivity index (χ0n) is 6.21. The molecule has 1 nitrogen and oxygen atoms in total. The monoisotopic (exact) mass is 138 g/mol. The topological polar surface area (TPSA) is 20.2 Å². The van der Waals surface area contributed by atoms with Crippen molar-refractivity contribution >= 4 is 0 Å². The maximum atomic E-state index is 9.38. The summed E-state index contributed by atoms with van der Waals surface area (Å²) in [5.41, 5.74) is 0. The molecule has 0 amide bonds. The molecule has 2 atom stereocenters. The van der Waals surface area contributed by atoms with Crippen LogP contribution in [0, 0.1) is 11.8 Å². The lowest BCUT2D eigenvalue weighted by atomic mass is 9.75. The third kappa shape index (κ3) is 0.938. The Morgan fingerprint density at radius 2 is 2.30 bits per heavy atom. The second kappa shape index (κ2) is 2.30. The van der Waals surface area contributed by atoms with E-state index in [1.807, 2.05) is 6.08 Å². The Hall–Kier alpha value is -0.460. The molecule has 0 aliphatic heterocycles. The van der Waals surface area contributed by atoms with Crippen LogP contribution in [-0.2, 0) is 0 Å². The lowest BCUT2D eigenvalue weighted by molar-refractivity contribution is 0.206. The van der Waals surface area contributed by atoms with Gasteiger partial charge in [-0.15, -0.1) is 0 Å². The van der Waals surface area contributed by atoms with Crippen LogP contribution in [0.2, 0.25) is 0 Å². The first-order valence-electron chi connectivity index (χ1n) is 4.25. The Labute approximate surface area is 61.8 Å². The molecular weight excluding hydrogens is 124 g/mol. The second-order valence-electron chi connectivity index (χ2n) is 3.59. The smallest absolute Gasteiger partial charge is 0.0913 e. The number of hydrogen-bond donors (Lipinski definition) is 1. The van der Waals surface area contributed by atoms with E-state index in [-0.39, 0.29) is 0 Å². The number of aliphatic hydroxyl groups excluding tert-OH is 1. The summed E-state index contributed by atoms with van der Waals surface area (Å²) >= 11 is 0. The van der Waals surface area contributed by atoms with E-state index < -0.39 is 0 Å². The van der Waals surface area contributed by atoms with E-state index in [2.05, 4.69) is 0 Å². The molecule has 2 unspecified atom stereocenters. The molecule has 1 heteroatoms. The van der Waals surface area contributed by atoms with Gasteiger partial charge in [0, 0.05) is 5.92 Å². The van der Waals surface area contributed by atoms with Gasteiger partial charge in [-0.2, -0.15) is 0 Å². The maximum absolute atomic E-state index is 9.38. The van der Waals surface area contributed by atoms with E-state index in [9.17, 15) is 5.11 Å². The minimum atomic E-state index is 0.535. The highest BCUT2D eigenvalue weighted by molar-refractivity contribution is 5.04. The minimum Gasteiger partial charge on any atom is -0.512 e. The van der Waals surface area contributed by atoms with E-state index in [0.29, 0.717) is 11.7 Å². The zero-order valence-corrected chi connectivity index (χ0v) is 6.21. The van der Waals surface area contributed by atoms with Gasteiger partial charge < -0.3 is 5.11 Å². The summed E-state index contributed by atoms with van der Waals surface area (Å²) in [6.45, 7) is 0. The predicted octanol–water partition coefficient (Wildman–Crippen LogP) is 2.64. The van der Waals surface area contributed by atoms with Crippen LogP contribution in [0.5, 0.6) is 0 Å². The molecule has 0 spiro atoms. The highest BCUT2D eigenvalue weighted by atomic mass is 16.3. The first kappa shape index (κ1) is 6.26. The van der Waals surface area contributed by atoms with E-state index in [0.717, 1.165) is 12.3 Å². The van der Waals surface area contributed by atoms with Gasteiger partial charge >= 0.3 is 0 Å². The fourth-order valence-corrected chi connectivity index (χ4v) is 2.23. The van der Waals surface area contributed by atoms with E-state index in [4.69, 9.17) is 0 Å². The van der Waals surface area contributed by atoms with Crippen LogP contribution in [0.3, 0.4) is 0 Å². The van der Waals surface area contributed by atoms with Gasteiger partial charge in [0.05, 0.1) is 5.76 Å². The van der Waals surface area contributed by atoms with Gasteiger partial charge in [0.2, 0.25) is 0 Å². The van der Waals surface area contributed by atoms with Crippen molar-refractivity contribution in [2.75, 3.05) is 0 Å². The minimum absolute atomic E-state index is 0.535. The van der Waals surface area contributed by atoms with Crippen molar-refractivity contribution in [3.63, 3.8) is 0 Å². The second-order valence-corrected chi connectivity index (χ2v) is 3.59. The predicted molar refractivity (Wildman–Crippen MR) is 40.8 cm³/mol. The van der Waals surface area contributed by atoms with E-state index >= 15 is 0 Å². The zero-order chi connectivity index (χ0) is 6.97. The lowest BCUT2D eigenvalue weighted by Gasteiger charge is -2.31. The molecule has 2 aliphatic rings. The van der Waals surface area contributed by atoms with Gasteiger partial charge in [-0.05, 0) is 31.3 Å². The molecule has 1 fully saturated rings. The molecule has 0 aromatic carbocycles. The molecular formula is C9H14O. The lowest BCUT2D eigenvalue weighted by Crippen LogP contribution is -2.20. The molecule has 0 heterocycles. The van der Waals surface area contributed by atoms with Crippen molar-refractivity contribution in [2.24, 2.45) is 11.8 Å². The van der Waals surface area contributed by atoms with Crippen molar-refractivity contribution in [2.45, 2.75) is 32.1 Å². The molecule has 1 saturated carbocycles. The third-order valence-corrected chi connectivity index (χ3v) is 2.86. The summed E-state index contributed by atoms with van der Waals surface area (Å²) in [5.74, 6) is 2.11. The molecule has 2 rings (SSSR count). The SMILES string of the molecule is OC1=CCC2CCCC1C2. The highest BCUT2D eigenvalue weighted by Crippen LogP contribution is 2.38. The summed E-state index contributed by atoms with van der Waals surface area (Å²) in [7, 11) is 0. The number of fused-ring (bicyclic) bond motifs is 2. The average molecular weight is 138 g/mol. The van der Waals surface area contributed by atoms with Gasteiger partial charge in [0.15, 0.2) is 0 Å². The number of hydrogen-bond acceptors (Lipinski definition) is 1. The van der Waals surface area contributed by atoms with Crippen LogP contribution < -0.4 is 0 Å². The Balaban J connectivity index is 2.15. The van der Waals surface area contributed by atoms with Crippen LogP contribution >= 0.6 is 0 Å². The van der Waals surface area contributed by atoms with Crippen molar-refractivity contribution < 1.29 is 5.11 Å². The van der Waals surface area contributed by atoms with Gasteiger partial charge in [0.1, 0.15) is 0 Å². The molecule has 0 radical (unpaired) electrons. The fraction of sp³-hybridized carbons (Fsp3) is 0.778. The molecule has 0 aromatic rings. The summed E-state index contributed by atoms with van der Waals surface area (Å²) in [6, 6.07) is 0. The standard InChI is InChI=1S/C9H14O/c10-9-5-4-7-2-1-3-8(9)6-7/h5,7-8,10H,1-4,6H2. The summed E-state index contributed by atoms with van der Waals surface area (Å²) < 4.78 is 0. The Morgan fingerprint density at radius 3 is 3.10 bits per heavy atom. The van der Waals surface area contributed by atoms with Crippen molar-refractivity contribution in [1.82, 2.24) is 0 Å². The van der Waals surface area contributed by atoms with Gasteiger partial charge in [-0.25, -0.2) is 0 Å². The van der Waals surface area contributed by atoms with Gasteiger partial charge in [0.25, 0.3) is 0 Å². The van der Waals surface area contributed by atoms with Gasteiger partial charge in [-0.1, -0.05) is 12.8 Å². The quantitative estimate of drug-likeness (QED) is 0.545. The molecule has 2 bridgehead atoms. The summed E-state index contributed by atoms with van der Waals surface area (Å²) in [5, 5.41) is 9.38. The Kier molecular flexibility index (Phi) is 1.44. The largest absolute Gasteiger partial charge is 0.512 e. The molecule has 0 saturated heterocycles. The fourth-order valence-electron chi connectivity index (χ4n) is 2.23. The maximum Gasteiger partial charge on any atom is 0.0913 e. The first-order valence-corrected chi connectivity index (χ1v) is 4.25. The van der Waals surface area contributed by atoms with E-state index in [1.54, 1.807) is 0 Å². The number of allylic oxidation sites excluding steroid dienone is 2. The average Bonchev–Trinajstić information content (AvgIpc) is 1.99. The highest BCUT2D eigenvalue weighted by Gasteiger charge is 2.27.